The van der Waals surface area contributed by atoms with Crippen LogP contribution >= 0.6 is 0 Å². The molecule has 2 atom stereocenters. The van der Waals surface area contributed by atoms with E-state index >= 15 is 0 Å². The van der Waals surface area contributed by atoms with E-state index < -0.39 is 5.41 Å². The largest absolute Gasteiger partial charge is 0.392 e. The van der Waals surface area contributed by atoms with E-state index in [0.29, 0.717) is 0 Å². The number of carbonyl (C=O) groups is 2. The molecular weight excluding hydrogens is 168 g/mol. The first-order valence-electron chi connectivity index (χ1n) is 4.47. The quantitative estimate of drug-likeness (QED) is 0.322. The number of esters is 2. The molecule has 1 heterocycles. The molecule has 0 bridgehead atoms. The normalized spacial score (nSPS) is 38.3. The molecule has 0 aromatic rings. The van der Waals surface area contributed by atoms with Gasteiger partial charge in [0.2, 0.25) is 0 Å². The van der Waals surface area contributed by atoms with Crippen molar-refractivity contribution in [2.45, 2.75) is 26.7 Å². The van der Waals surface area contributed by atoms with Gasteiger partial charge in [-0.1, -0.05) is 11.6 Å². The Kier molecular flexibility index (Phi) is 1.59. The van der Waals surface area contributed by atoms with Crippen molar-refractivity contribution in [1.82, 2.24) is 0 Å². The third-order valence-electron chi connectivity index (χ3n) is 3.09. The van der Waals surface area contributed by atoms with Crippen LogP contribution in [0.5, 0.6) is 0 Å². The van der Waals surface area contributed by atoms with Gasteiger partial charge in [0.05, 0.1) is 11.3 Å². The molecular formula is C10H12O3. The number of allylic oxidation sites excluding steroid dienone is 1. The van der Waals surface area contributed by atoms with Gasteiger partial charge in [-0.3, -0.25) is 9.59 Å². The van der Waals surface area contributed by atoms with Crippen LogP contribution in [0.2, 0.25) is 0 Å². The molecule has 1 aliphatic heterocycles. The van der Waals surface area contributed by atoms with Gasteiger partial charge < -0.3 is 4.74 Å². The van der Waals surface area contributed by atoms with Crippen molar-refractivity contribution in [2.75, 3.05) is 0 Å². The van der Waals surface area contributed by atoms with Crippen LogP contribution in [-0.4, -0.2) is 11.9 Å². The number of hydrogen-bond donors (Lipinski definition) is 0. The fraction of sp³-hybridized carbons (Fsp3) is 0.600. The molecule has 0 N–H and O–H groups in total. The average molecular weight is 180 g/mol. The number of fused-ring (bicyclic) bond motifs is 1. The second-order valence-electron chi connectivity index (χ2n) is 4.12. The van der Waals surface area contributed by atoms with Crippen LogP contribution in [0.3, 0.4) is 0 Å². The van der Waals surface area contributed by atoms with Gasteiger partial charge in [-0.05, 0) is 26.7 Å². The van der Waals surface area contributed by atoms with E-state index in [0.717, 1.165) is 12.8 Å². The summed E-state index contributed by atoms with van der Waals surface area (Å²) in [6.07, 6.45) is 3.48. The fourth-order valence-electron chi connectivity index (χ4n) is 1.99. The second kappa shape index (κ2) is 2.44. The van der Waals surface area contributed by atoms with Crippen molar-refractivity contribution in [3.05, 3.63) is 11.6 Å². The SMILES string of the molecule is CC1=CC2C(=O)OC(=O)C2(C)CC1. The monoisotopic (exact) mass is 180 g/mol. The van der Waals surface area contributed by atoms with E-state index in [4.69, 9.17) is 0 Å². The van der Waals surface area contributed by atoms with Crippen molar-refractivity contribution in [1.29, 1.82) is 0 Å². The summed E-state index contributed by atoms with van der Waals surface area (Å²) in [6.45, 7) is 3.80. The highest BCUT2D eigenvalue weighted by molar-refractivity contribution is 6.00. The Morgan fingerprint density at radius 2 is 2.23 bits per heavy atom. The molecule has 1 fully saturated rings. The molecule has 1 saturated heterocycles. The van der Waals surface area contributed by atoms with Gasteiger partial charge in [0.1, 0.15) is 0 Å². The molecule has 0 saturated carbocycles. The van der Waals surface area contributed by atoms with Crippen molar-refractivity contribution in [3.63, 3.8) is 0 Å². The standard InChI is InChI=1S/C10H12O3/c1-6-3-4-10(2)7(5-6)8(11)13-9(10)12/h5,7H,3-4H2,1-2H3. The summed E-state index contributed by atoms with van der Waals surface area (Å²) in [7, 11) is 0. The van der Waals surface area contributed by atoms with E-state index in [-0.39, 0.29) is 17.9 Å². The first-order valence-corrected chi connectivity index (χ1v) is 4.47. The lowest BCUT2D eigenvalue weighted by atomic mass is 9.70. The van der Waals surface area contributed by atoms with Crippen LogP contribution in [0.4, 0.5) is 0 Å². The van der Waals surface area contributed by atoms with Crippen LogP contribution in [0.15, 0.2) is 11.6 Å². The molecule has 2 unspecified atom stereocenters. The minimum atomic E-state index is -0.587. The molecule has 3 heteroatoms. The summed E-state index contributed by atoms with van der Waals surface area (Å²) in [5, 5.41) is 0. The van der Waals surface area contributed by atoms with Crippen LogP contribution in [0, 0.1) is 11.3 Å². The summed E-state index contributed by atoms with van der Waals surface area (Å²) < 4.78 is 4.64. The lowest BCUT2D eigenvalue weighted by molar-refractivity contribution is -0.155. The lowest BCUT2D eigenvalue weighted by Gasteiger charge is -2.27. The highest BCUT2D eigenvalue weighted by atomic mass is 16.6. The zero-order valence-electron chi connectivity index (χ0n) is 7.79. The van der Waals surface area contributed by atoms with Crippen molar-refractivity contribution in [3.8, 4) is 0 Å². The minimum Gasteiger partial charge on any atom is -0.392 e. The number of carbonyl (C=O) groups excluding carboxylic acids is 2. The van der Waals surface area contributed by atoms with Gasteiger partial charge in [-0.2, -0.15) is 0 Å². The highest BCUT2D eigenvalue weighted by Gasteiger charge is 2.54. The maximum Gasteiger partial charge on any atom is 0.321 e. The summed E-state index contributed by atoms with van der Waals surface area (Å²) >= 11 is 0. The van der Waals surface area contributed by atoms with Crippen molar-refractivity contribution >= 4 is 11.9 Å². The van der Waals surface area contributed by atoms with Gasteiger partial charge in [-0.15, -0.1) is 0 Å². The Morgan fingerprint density at radius 1 is 1.54 bits per heavy atom. The van der Waals surface area contributed by atoms with Crippen LogP contribution < -0.4 is 0 Å². The Labute approximate surface area is 76.8 Å². The highest BCUT2D eigenvalue weighted by Crippen LogP contribution is 2.45. The van der Waals surface area contributed by atoms with E-state index in [1.165, 1.54) is 5.57 Å². The Bertz CT molecular complexity index is 316. The predicted octanol–water partition coefficient (Wildman–Crippen LogP) is 1.43. The third-order valence-corrected chi connectivity index (χ3v) is 3.09. The van der Waals surface area contributed by atoms with E-state index in [1.807, 2.05) is 19.9 Å². The molecule has 3 nitrogen and oxygen atoms in total. The van der Waals surface area contributed by atoms with Gasteiger partial charge >= 0.3 is 11.9 Å². The number of hydrogen-bond acceptors (Lipinski definition) is 3. The average Bonchev–Trinajstić information content (AvgIpc) is 2.28. The number of rotatable bonds is 0. The minimum absolute atomic E-state index is 0.339. The number of cyclic esters (lactones) is 2. The first-order chi connectivity index (χ1) is 6.04. The lowest BCUT2D eigenvalue weighted by Crippen LogP contribution is -2.32. The van der Waals surface area contributed by atoms with Crippen LogP contribution in [0.25, 0.3) is 0 Å². The Morgan fingerprint density at radius 3 is 2.92 bits per heavy atom. The molecule has 1 aliphatic carbocycles. The molecule has 0 amide bonds. The topological polar surface area (TPSA) is 43.4 Å². The van der Waals surface area contributed by atoms with Crippen molar-refractivity contribution in [2.24, 2.45) is 11.3 Å². The van der Waals surface area contributed by atoms with E-state index in [9.17, 15) is 9.59 Å². The zero-order valence-corrected chi connectivity index (χ0v) is 7.79. The molecule has 0 spiro atoms. The van der Waals surface area contributed by atoms with Crippen molar-refractivity contribution < 1.29 is 14.3 Å². The maximum atomic E-state index is 11.4. The number of ether oxygens (including phenoxy) is 1. The van der Waals surface area contributed by atoms with Gasteiger partial charge in [0, 0.05) is 0 Å². The fourth-order valence-corrected chi connectivity index (χ4v) is 1.99. The molecule has 0 radical (unpaired) electrons. The molecule has 0 aromatic heterocycles. The third kappa shape index (κ3) is 1.03. The molecule has 2 aliphatic rings. The second-order valence-corrected chi connectivity index (χ2v) is 4.12. The molecule has 70 valence electrons. The van der Waals surface area contributed by atoms with E-state index in [1.54, 1.807) is 0 Å². The van der Waals surface area contributed by atoms with Crippen LogP contribution in [0.1, 0.15) is 26.7 Å². The smallest absolute Gasteiger partial charge is 0.321 e. The van der Waals surface area contributed by atoms with Crippen LogP contribution in [-0.2, 0) is 14.3 Å². The molecule has 2 rings (SSSR count). The zero-order chi connectivity index (χ0) is 9.64. The Hall–Kier alpha value is -1.12. The first kappa shape index (κ1) is 8.48. The summed E-state index contributed by atoms with van der Waals surface area (Å²) in [5.41, 5.74) is 0.588. The van der Waals surface area contributed by atoms with E-state index in [2.05, 4.69) is 4.74 Å². The summed E-state index contributed by atoms with van der Waals surface area (Å²) in [5.74, 6) is -1.08. The van der Waals surface area contributed by atoms with Gasteiger partial charge in [0.25, 0.3) is 0 Å². The Balaban J connectivity index is 2.44. The maximum absolute atomic E-state index is 11.4. The predicted molar refractivity (Wildman–Crippen MR) is 45.7 cm³/mol. The summed E-state index contributed by atoms with van der Waals surface area (Å²) in [6, 6.07) is 0. The van der Waals surface area contributed by atoms with Gasteiger partial charge in [0.15, 0.2) is 0 Å². The molecule has 0 aromatic carbocycles. The molecule has 13 heavy (non-hydrogen) atoms. The summed E-state index contributed by atoms with van der Waals surface area (Å²) in [4.78, 5) is 22.7. The van der Waals surface area contributed by atoms with Gasteiger partial charge in [-0.25, -0.2) is 0 Å².